The fourth-order valence-electron chi connectivity index (χ4n) is 7.46. The third-order valence-electron chi connectivity index (χ3n) is 10.5. The number of rotatable bonds is 10. The van der Waals surface area contributed by atoms with Crippen molar-refractivity contribution in [3.8, 4) is 6.07 Å². The maximum absolute atomic E-state index is 14.5. The van der Waals surface area contributed by atoms with Crippen LogP contribution in [0, 0.1) is 58.1 Å². The molecule has 0 radical (unpaired) electrons. The summed E-state index contributed by atoms with van der Waals surface area (Å²) in [5.74, 6) is -12.6. The van der Waals surface area contributed by atoms with Crippen LogP contribution in [-0.2, 0) is 48.8 Å². The molecule has 0 aromatic heterocycles. The van der Waals surface area contributed by atoms with Crippen LogP contribution < -0.4 is 0 Å². The number of nitrogens with zero attached hydrogens (tertiary/aromatic N) is 1. The Labute approximate surface area is 345 Å². The summed E-state index contributed by atoms with van der Waals surface area (Å²) >= 11 is 0. The van der Waals surface area contributed by atoms with Crippen LogP contribution in [0.2, 0.25) is 0 Å². The summed E-state index contributed by atoms with van der Waals surface area (Å²) in [6.07, 6.45) is -2.90. The van der Waals surface area contributed by atoms with E-state index in [1.54, 1.807) is 6.07 Å². The predicted molar refractivity (Wildman–Crippen MR) is 193 cm³/mol. The maximum Gasteiger partial charge on any atom is 0.497 e. The van der Waals surface area contributed by atoms with E-state index in [9.17, 15) is 86.4 Å². The minimum atomic E-state index is -5.60. The molecule has 336 valence electrons. The molecule has 0 heterocycles. The molecule has 2 saturated carbocycles. The number of sulfone groups is 4. The monoisotopic (exact) mass is 969 g/mol. The van der Waals surface area contributed by atoms with Crippen molar-refractivity contribution >= 4 is 39.3 Å². The van der Waals surface area contributed by atoms with E-state index in [4.69, 9.17) is 5.26 Å². The van der Waals surface area contributed by atoms with E-state index in [-0.39, 0.29) is 10.5 Å². The number of benzene rings is 4. The van der Waals surface area contributed by atoms with Crippen LogP contribution in [0.1, 0.15) is 42.4 Å². The van der Waals surface area contributed by atoms with Crippen LogP contribution in [0.25, 0.3) is 0 Å². The van der Waals surface area contributed by atoms with Crippen molar-refractivity contribution in [2.45, 2.75) is 56.0 Å². The number of hydrogen-bond donors (Lipinski definition) is 0. The summed E-state index contributed by atoms with van der Waals surface area (Å²) in [5.41, 5.74) is -12.3. The molecule has 2 aliphatic rings. The smallest absolute Gasteiger partial charge is 0.223 e. The second kappa shape index (κ2) is 16.5. The lowest BCUT2D eigenvalue weighted by Crippen LogP contribution is -2.51. The van der Waals surface area contributed by atoms with Gasteiger partial charge < -0.3 is 0 Å². The molecular formula is C37H27F12NO8S4. The topological polar surface area (TPSA) is 160 Å². The second-order valence-corrected chi connectivity index (χ2v) is 23.0. The van der Waals surface area contributed by atoms with Gasteiger partial charge in [-0.05, 0) is 116 Å². The fraction of sp³-hybridized carbons (Fsp3) is 0.324. The van der Waals surface area contributed by atoms with Gasteiger partial charge in [0, 0.05) is 11.1 Å². The minimum absolute atomic E-state index is 0.132. The van der Waals surface area contributed by atoms with Crippen molar-refractivity contribution in [1.82, 2.24) is 0 Å². The molecule has 0 aliphatic heterocycles. The van der Waals surface area contributed by atoms with Gasteiger partial charge in [-0.25, -0.2) is 60.0 Å². The Balaban J connectivity index is 0.000000234. The Morgan fingerprint density at radius 1 is 0.500 bits per heavy atom. The van der Waals surface area contributed by atoms with Gasteiger partial charge in [0.15, 0.2) is 31.3 Å². The lowest BCUT2D eigenvalue weighted by atomic mass is 9.71. The van der Waals surface area contributed by atoms with Crippen LogP contribution >= 0.6 is 0 Å². The molecule has 9 nitrogen and oxygen atoms in total. The average molecular weight is 970 g/mol. The van der Waals surface area contributed by atoms with Crippen LogP contribution in [-0.4, -0.2) is 56.2 Å². The van der Waals surface area contributed by atoms with E-state index in [2.05, 4.69) is 0 Å². The third-order valence-corrected chi connectivity index (χ3v) is 18.6. The van der Waals surface area contributed by atoms with Gasteiger partial charge in [-0.1, -0.05) is 0 Å². The normalized spacial score (nSPS) is 22.0. The highest BCUT2D eigenvalue weighted by molar-refractivity contribution is 7.93. The third kappa shape index (κ3) is 8.79. The number of nitriles is 1. The Hall–Kier alpha value is -4.67. The lowest BCUT2D eigenvalue weighted by molar-refractivity contribution is -0.0448. The molecule has 25 heteroatoms. The summed E-state index contributed by atoms with van der Waals surface area (Å²) in [5, 5.41) is 8.86. The predicted octanol–water partition coefficient (Wildman–Crippen LogP) is 8.11. The van der Waals surface area contributed by atoms with Gasteiger partial charge in [0.2, 0.25) is 19.7 Å². The van der Waals surface area contributed by atoms with Gasteiger partial charge in [0.1, 0.15) is 32.8 Å². The minimum Gasteiger partial charge on any atom is -0.223 e. The van der Waals surface area contributed by atoms with Gasteiger partial charge in [0.05, 0.1) is 32.9 Å². The van der Waals surface area contributed by atoms with Crippen LogP contribution in [0.3, 0.4) is 0 Å². The Bertz CT molecular complexity index is 2890. The summed E-state index contributed by atoms with van der Waals surface area (Å²) in [4.78, 5) is -1.17. The average Bonchev–Trinajstić information content (AvgIpc) is 3.13. The molecule has 4 aromatic carbocycles. The fourth-order valence-corrected chi connectivity index (χ4v) is 14.2. The Morgan fingerprint density at radius 2 is 0.855 bits per heavy atom. The van der Waals surface area contributed by atoms with Crippen molar-refractivity contribution in [3.05, 3.63) is 130 Å². The van der Waals surface area contributed by atoms with E-state index in [1.165, 1.54) is 12.1 Å². The molecule has 0 atom stereocenters. The molecule has 0 unspecified atom stereocenters. The quantitative estimate of drug-likeness (QED) is 0.113. The summed E-state index contributed by atoms with van der Waals surface area (Å²) in [6.45, 7) is 0. The van der Waals surface area contributed by atoms with Crippen LogP contribution in [0.4, 0.5) is 52.7 Å². The highest BCUT2D eigenvalue weighted by Gasteiger charge is 2.61. The Morgan fingerprint density at radius 3 is 1.21 bits per heavy atom. The van der Waals surface area contributed by atoms with Gasteiger partial charge in [-0.15, -0.1) is 0 Å². The highest BCUT2D eigenvalue weighted by atomic mass is 32.2. The molecule has 2 fully saturated rings. The first kappa shape index (κ1) is 48.4. The molecular weight excluding hydrogens is 943 g/mol. The first-order valence-electron chi connectivity index (χ1n) is 17.3. The standard InChI is InChI=1S/C19H14F5NO4S2.C18H13F7O4S2/c20-14-3-6-17(21)16(7-14)18(8-13(9-18)11-30(26,27)19(22,23)24)31(28,29)15-4-1-12(10-25)2-5-15;19-11-1-3-14(20)13(5-11)17(7-10(8-17)9-30(26,27)18(23,24)25)31(28,29)12-2-4-15(21)16(22)6-12/h1-7,13H,8-9,11H2;1-6,10H,7-9H2. The summed E-state index contributed by atoms with van der Waals surface area (Å²) in [6, 6.07) is 11.7. The van der Waals surface area contributed by atoms with Gasteiger partial charge in [-0.2, -0.15) is 31.6 Å². The summed E-state index contributed by atoms with van der Waals surface area (Å²) in [7, 11) is -20.4. The van der Waals surface area contributed by atoms with Crippen molar-refractivity contribution in [3.63, 3.8) is 0 Å². The van der Waals surface area contributed by atoms with Crippen molar-refractivity contribution < 1.29 is 86.4 Å². The molecule has 4 aromatic rings. The number of alkyl halides is 6. The first-order chi connectivity index (χ1) is 28.3. The lowest BCUT2D eigenvalue weighted by Gasteiger charge is -2.47. The van der Waals surface area contributed by atoms with E-state index in [1.807, 2.05) is 0 Å². The molecule has 0 spiro atoms. The van der Waals surface area contributed by atoms with Crippen molar-refractivity contribution in [2.24, 2.45) is 11.8 Å². The Kier molecular flexibility index (Phi) is 12.8. The van der Waals surface area contributed by atoms with Gasteiger partial charge >= 0.3 is 11.0 Å². The summed E-state index contributed by atoms with van der Waals surface area (Å²) < 4.78 is 254. The zero-order chi connectivity index (χ0) is 46.6. The molecule has 6 rings (SSSR count). The SMILES string of the molecule is N#Cc1ccc(S(=O)(=O)C2(c3cc(F)ccc3F)CC(CS(=O)(=O)C(F)(F)F)C2)cc1.O=S(=O)(CC1CC(c2cc(F)ccc2F)(S(=O)(=O)c2ccc(F)c(F)c2)C1)C(F)(F)F. The van der Waals surface area contributed by atoms with Crippen LogP contribution in [0.15, 0.2) is 88.7 Å². The molecule has 2 aliphatic carbocycles. The zero-order valence-electron chi connectivity index (χ0n) is 30.8. The van der Waals surface area contributed by atoms with Crippen molar-refractivity contribution in [2.75, 3.05) is 11.5 Å². The van der Waals surface area contributed by atoms with Crippen LogP contribution in [0.5, 0.6) is 0 Å². The van der Waals surface area contributed by atoms with Gasteiger partial charge in [-0.3, -0.25) is 0 Å². The van der Waals surface area contributed by atoms with E-state index in [0.717, 1.165) is 18.2 Å². The largest absolute Gasteiger partial charge is 0.497 e. The molecule has 0 amide bonds. The highest BCUT2D eigenvalue weighted by Crippen LogP contribution is 2.57. The molecule has 0 saturated heterocycles. The van der Waals surface area contributed by atoms with E-state index in [0.29, 0.717) is 48.5 Å². The van der Waals surface area contributed by atoms with E-state index < -0.39 is 160 Å². The van der Waals surface area contributed by atoms with E-state index >= 15 is 0 Å². The second-order valence-electron chi connectivity index (χ2n) is 14.5. The molecule has 62 heavy (non-hydrogen) atoms. The number of halogens is 12. The zero-order valence-corrected chi connectivity index (χ0v) is 34.1. The first-order valence-corrected chi connectivity index (χ1v) is 23.5. The molecule has 0 N–H and O–H groups in total. The maximum atomic E-state index is 14.5. The number of hydrogen-bond acceptors (Lipinski definition) is 9. The van der Waals surface area contributed by atoms with Gasteiger partial charge in [0.25, 0.3) is 0 Å². The molecule has 0 bridgehead atoms. The van der Waals surface area contributed by atoms with Crippen molar-refractivity contribution in [1.29, 1.82) is 5.26 Å².